The number of benzene rings is 1. The van der Waals surface area contributed by atoms with Crippen LogP contribution in [0.4, 0.5) is 11.4 Å². The van der Waals surface area contributed by atoms with Gasteiger partial charge in [0.2, 0.25) is 0 Å². The predicted octanol–water partition coefficient (Wildman–Crippen LogP) is 3.32. The van der Waals surface area contributed by atoms with Gasteiger partial charge in [-0.25, -0.2) is 4.98 Å². The molecule has 7 heteroatoms. The Labute approximate surface area is 106 Å². The molecule has 0 saturated heterocycles. The van der Waals surface area contributed by atoms with Crippen molar-refractivity contribution >= 4 is 34.3 Å². The van der Waals surface area contributed by atoms with Crippen LogP contribution in [0.1, 0.15) is 5.69 Å². The van der Waals surface area contributed by atoms with Crippen molar-refractivity contribution in [2.75, 3.05) is 5.32 Å². The minimum atomic E-state index is -0.507. The maximum Gasteiger partial charge on any atom is 0.288 e. The number of hydrogen-bond acceptors (Lipinski definition) is 5. The van der Waals surface area contributed by atoms with Gasteiger partial charge in [-0.1, -0.05) is 11.6 Å². The molecule has 0 aliphatic rings. The molecule has 2 aromatic rings. The monoisotopic (exact) mass is 269 g/mol. The van der Waals surface area contributed by atoms with Crippen molar-refractivity contribution in [3.63, 3.8) is 0 Å². The van der Waals surface area contributed by atoms with E-state index in [4.69, 9.17) is 11.6 Å². The lowest BCUT2D eigenvalue weighted by molar-refractivity contribution is -0.384. The fourth-order valence-electron chi connectivity index (χ4n) is 1.28. The summed E-state index contributed by atoms with van der Waals surface area (Å²) in [5.74, 6) is 0. The molecule has 0 amide bonds. The lowest BCUT2D eigenvalue weighted by atomic mass is 10.3. The molecular formula is C10H8ClN3O2S. The Balaban J connectivity index is 2.07. The number of aromatic nitrogens is 1. The zero-order valence-corrected chi connectivity index (χ0v) is 10.2. The lowest BCUT2D eigenvalue weighted by Gasteiger charge is -2.04. The molecule has 88 valence electrons. The van der Waals surface area contributed by atoms with Crippen LogP contribution in [0.2, 0.25) is 5.02 Å². The molecule has 0 unspecified atom stereocenters. The number of nitro groups is 1. The average molecular weight is 270 g/mol. The number of rotatable bonds is 4. The lowest BCUT2D eigenvalue weighted by Crippen LogP contribution is -1.99. The second-order valence-electron chi connectivity index (χ2n) is 3.26. The van der Waals surface area contributed by atoms with Crippen molar-refractivity contribution in [1.82, 2.24) is 4.98 Å². The van der Waals surface area contributed by atoms with Gasteiger partial charge in [-0.2, -0.15) is 0 Å². The number of anilines is 1. The van der Waals surface area contributed by atoms with Crippen LogP contribution in [-0.4, -0.2) is 9.91 Å². The van der Waals surface area contributed by atoms with Crippen LogP contribution < -0.4 is 5.32 Å². The third kappa shape index (κ3) is 2.92. The summed E-state index contributed by atoms with van der Waals surface area (Å²) in [6, 6.07) is 4.54. The number of nitrogens with zero attached hydrogens (tertiary/aromatic N) is 2. The van der Waals surface area contributed by atoms with Crippen molar-refractivity contribution in [2.24, 2.45) is 0 Å². The average Bonchev–Trinajstić information content (AvgIpc) is 2.78. The summed E-state index contributed by atoms with van der Waals surface area (Å²) in [5.41, 5.74) is 3.31. The van der Waals surface area contributed by atoms with E-state index in [9.17, 15) is 10.1 Å². The highest BCUT2D eigenvalue weighted by Crippen LogP contribution is 2.27. The van der Waals surface area contributed by atoms with E-state index in [1.54, 1.807) is 11.6 Å². The van der Waals surface area contributed by atoms with Gasteiger partial charge in [-0.3, -0.25) is 10.1 Å². The van der Waals surface area contributed by atoms with Crippen LogP contribution >= 0.6 is 22.9 Å². The van der Waals surface area contributed by atoms with Crippen molar-refractivity contribution in [1.29, 1.82) is 0 Å². The van der Waals surface area contributed by atoms with Crippen molar-refractivity contribution < 1.29 is 4.92 Å². The van der Waals surface area contributed by atoms with Crippen molar-refractivity contribution in [3.8, 4) is 0 Å². The van der Waals surface area contributed by atoms with E-state index in [1.807, 2.05) is 5.38 Å². The number of hydrogen-bond donors (Lipinski definition) is 1. The van der Waals surface area contributed by atoms with E-state index >= 15 is 0 Å². The van der Waals surface area contributed by atoms with Gasteiger partial charge in [0, 0.05) is 17.1 Å². The van der Waals surface area contributed by atoms with Gasteiger partial charge >= 0.3 is 0 Å². The zero-order valence-electron chi connectivity index (χ0n) is 8.59. The molecule has 0 bridgehead atoms. The van der Waals surface area contributed by atoms with Crippen LogP contribution in [0.15, 0.2) is 29.1 Å². The smallest absolute Gasteiger partial charge is 0.288 e. The Kier molecular flexibility index (Phi) is 3.55. The summed E-state index contributed by atoms with van der Waals surface area (Å²) in [5, 5.41) is 15.7. The topological polar surface area (TPSA) is 68.1 Å². The number of halogens is 1. The number of nitrogens with one attached hydrogen (secondary N) is 1. The van der Waals surface area contributed by atoms with Crippen molar-refractivity contribution in [2.45, 2.75) is 6.54 Å². The molecule has 1 aromatic carbocycles. The van der Waals surface area contributed by atoms with Gasteiger partial charge in [0.1, 0.15) is 5.02 Å². The Morgan fingerprint density at radius 2 is 2.35 bits per heavy atom. The highest BCUT2D eigenvalue weighted by Gasteiger charge is 2.11. The van der Waals surface area contributed by atoms with E-state index in [0.717, 1.165) is 11.4 Å². The standard InChI is InChI=1S/C10H8ClN3O2S/c11-9-3-7(1-2-10(9)14(15)16)12-4-8-5-17-6-13-8/h1-3,5-6,12H,4H2. The predicted molar refractivity (Wildman–Crippen MR) is 67.5 cm³/mol. The first-order valence-corrected chi connectivity index (χ1v) is 6.04. The first kappa shape index (κ1) is 11.8. The fraction of sp³-hybridized carbons (Fsp3) is 0.100. The van der Waals surface area contributed by atoms with E-state index in [2.05, 4.69) is 10.3 Å². The molecule has 0 aliphatic carbocycles. The Morgan fingerprint density at radius 3 is 2.94 bits per heavy atom. The highest BCUT2D eigenvalue weighted by atomic mass is 35.5. The second kappa shape index (κ2) is 5.11. The first-order valence-electron chi connectivity index (χ1n) is 4.71. The summed E-state index contributed by atoms with van der Waals surface area (Å²) in [6.45, 7) is 0.567. The summed E-state index contributed by atoms with van der Waals surface area (Å²) in [6.07, 6.45) is 0. The molecule has 0 atom stereocenters. The van der Waals surface area contributed by atoms with Gasteiger partial charge in [-0.15, -0.1) is 11.3 Å². The second-order valence-corrected chi connectivity index (χ2v) is 4.38. The van der Waals surface area contributed by atoms with Gasteiger partial charge in [0.25, 0.3) is 5.69 Å². The van der Waals surface area contributed by atoms with E-state index < -0.39 is 4.92 Å². The summed E-state index contributed by atoms with van der Waals surface area (Å²) in [4.78, 5) is 14.2. The highest BCUT2D eigenvalue weighted by molar-refractivity contribution is 7.07. The van der Waals surface area contributed by atoms with E-state index in [0.29, 0.717) is 6.54 Å². The molecule has 1 heterocycles. The maximum atomic E-state index is 10.6. The van der Waals surface area contributed by atoms with Gasteiger partial charge in [-0.05, 0) is 12.1 Å². The quantitative estimate of drug-likeness (QED) is 0.683. The van der Waals surface area contributed by atoms with Crippen LogP contribution in [0.3, 0.4) is 0 Å². The number of thiazole rings is 1. The van der Waals surface area contributed by atoms with Crippen LogP contribution in [0.25, 0.3) is 0 Å². The molecule has 2 rings (SSSR count). The maximum absolute atomic E-state index is 10.6. The fourth-order valence-corrected chi connectivity index (χ4v) is 2.09. The Bertz CT molecular complexity index is 530. The van der Waals surface area contributed by atoms with Crippen LogP contribution in [-0.2, 0) is 6.54 Å². The largest absolute Gasteiger partial charge is 0.379 e. The minimum Gasteiger partial charge on any atom is -0.379 e. The summed E-state index contributed by atoms with van der Waals surface area (Å²) in [7, 11) is 0. The number of nitro benzene ring substituents is 1. The zero-order chi connectivity index (χ0) is 12.3. The summed E-state index contributed by atoms with van der Waals surface area (Å²) < 4.78 is 0. The molecule has 0 fully saturated rings. The van der Waals surface area contributed by atoms with Gasteiger partial charge < -0.3 is 5.32 Å². The first-order chi connectivity index (χ1) is 8.16. The SMILES string of the molecule is O=[N+]([O-])c1ccc(NCc2cscn2)cc1Cl. The van der Waals surface area contributed by atoms with Crippen LogP contribution in [0.5, 0.6) is 0 Å². The molecule has 5 nitrogen and oxygen atoms in total. The molecule has 1 N–H and O–H groups in total. The van der Waals surface area contributed by atoms with Crippen LogP contribution in [0, 0.1) is 10.1 Å². The third-order valence-electron chi connectivity index (χ3n) is 2.10. The third-order valence-corrected chi connectivity index (χ3v) is 3.04. The van der Waals surface area contributed by atoms with E-state index in [1.165, 1.54) is 23.5 Å². The van der Waals surface area contributed by atoms with E-state index in [-0.39, 0.29) is 10.7 Å². The Hall–Kier alpha value is -1.66. The Morgan fingerprint density at radius 1 is 1.53 bits per heavy atom. The minimum absolute atomic E-state index is 0.0918. The van der Waals surface area contributed by atoms with Crippen molar-refractivity contribution in [3.05, 3.63) is 49.9 Å². The molecule has 1 aromatic heterocycles. The molecular weight excluding hydrogens is 262 g/mol. The molecule has 17 heavy (non-hydrogen) atoms. The molecule has 0 spiro atoms. The molecule has 0 aliphatic heterocycles. The molecule has 0 radical (unpaired) electrons. The van der Waals surface area contributed by atoms with Gasteiger partial charge in [0.15, 0.2) is 0 Å². The van der Waals surface area contributed by atoms with Gasteiger partial charge in [0.05, 0.1) is 22.7 Å². The normalized spacial score (nSPS) is 10.2. The summed E-state index contributed by atoms with van der Waals surface area (Å²) >= 11 is 7.31. The molecule has 0 saturated carbocycles.